The highest BCUT2D eigenvalue weighted by molar-refractivity contribution is 5.70. The summed E-state index contributed by atoms with van der Waals surface area (Å²) in [5.41, 5.74) is 7.46. The third-order valence-electron chi connectivity index (χ3n) is 3.28. The van der Waals surface area contributed by atoms with E-state index in [1.807, 2.05) is 39.0 Å². The Labute approximate surface area is 119 Å². The lowest BCUT2D eigenvalue weighted by atomic mass is 10.0. The Morgan fingerprint density at radius 2 is 2.15 bits per heavy atom. The Bertz CT molecular complexity index is 508. The zero-order valence-electron chi connectivity index (χ0n) is 12.5. The number of ether oxygens (including phenoxy) is 2. The van der Waals surface area contributed by atoms with E-state index in [-0.39, 0.29) is 12.1 Å². The number of nitrogens with zero attached hydrogens (tertiary/aromatic N) is 1. The third-order valence-corrected chi connectivity index (χ3v) is 3.28. The average molecular weight is 278 g/mol. The summed E-state index contributed by atoms with van der Waals surface area (Å²) >= 11 is 0. The van der Waals surface area contributed by atoms with Crippen LogP contribution in [0, 0.1) is 0 Å². The molecule has 0 aliphatic carbocycles. The maximum atomic E-state index is 12.3. The summed E-state index contributed by atoms with van der Waals surface area (Å²) in [7, 11) is 1.62. The molecule has 2 N–H and O–H groups in total. The predicted octanol–water partition coefficient (Wildman–Crippen LogP) is 2.45. The topological polar surface area (TPSA) is 64.8 Å². The first-order valence-corrected chi connectivity index (χ1v) is 6.72. The van der Waals surface area contributed by atoms with Crippen LogP contribution in [0.3, 0.4) is 0 Å². The predicted molar refractivity (Wildman–Crippen MR) is 76.6 cm³/mol. The Morgan fingerprint density at radius 1 is 1.45 bits per heavy atom. The van der Waals surface area contributed by atoms with Crippen LogP contribution in [0.1, 0.15) is 37.9 Å². The van der Waals surface area contributed by atoms with Gasteiger partial charge < -0.3 is 15.2 Å². The van der Waals surface area contributed by atoms with Gasteiger partial charge in [-0.25, -0.2) is 4.79 Å². The van der Waals surface area contributed by atoms with Gasteiger partial charge in [-0.1, -0.05) is 6.07 Å². The fourth-order valence-electron chi connectivity index (χ4n) is 2.38. The van der Waals surface area contributed by atoms with Gasteiger partial charge in [-0.15, -0.1) is 0 Å². The van der Waals surface area contributed by atoms with Gasteiger partial charge in [0.1, 0.15) is 11.4 Å². The normalized spacial score (nSPS) is 17.9. The Morgan fingerprint density at radius 3 is 2.70 bits per heavy atom. The lowest BCUT2D eigenvalue weighted by molar-refractivity contribution is 0.0179. The van der Waals surface area contributed by atoms with Crippen molar-refractivity contribution in [3.8, 4) is 5.75 Å². The molecule has 0 fully saturated rings. The highest BCUT2D eigenvalue weighted by atomic mass is 16.6. The molecule has 1 aromatic rings. The Kier molecular flexibility index (Phi) is 3.90. The van der Waals surface area contributed by atoms with Gasteiger partial charge in [0.25, 0.3) is 0 Å². The first-order valence-electron chi connectivity index (χ1n) is 6.72. The molecule has 20 heavy (non-hydrogen) atoms. The summed E-state index contributed by atoms with van der Waals surface area (Å²) in [6.45, 7) is 6.45. The monoisotopic (exact) mass is 278 g/mol. The van der Waals surface area contributed by atoms with Crippen LogP contribution in [0.25, 0.3) is 0 Å². The van der Waals surface area contributed by atoms with Crippen molar-refractivity contribution in [2.24, 2.45) is 5.73 Å². The summed E-state index contributed by atoms with van der Waals surface area (Å²) in [6, 6.07) is 5.65. The number of amides is 1. The molecule has 0 bridgehead atoms. The quantitative estimate of drug-likeness (QED) is 0.902. The van der Waals surface area contributed by atoms with Crippen LogP contribution < -0.4 is 10.5 Å². The molecule has 0 aromatic heterocycles. The molecule has 1 unspecified atom stereocenters. The molecule has 110 valence electrons. The molecule has 5 nitrogen and oxygen atoms in total. The van der Waals surface area contributed by atoms with Crippen molar-refractivity contribution in [3.63, 3.8) is 0 Å². The fourth-order valence-corrected chi connectivity index (χ4v) is 2.38. The number of methoxy groups -OCH3 is 1. The summed E-state index contributed by atoms with van der Waals surface area (Å²) in [6.07, 6.45) is -0.330. The second-order valence-corrected chi connectivity index (χ2v) is 5.92. The second-order valence-electron chi connectivity index (χ2n) is 5.92. The van der Waals surface area contributed by atoms with Crippen molar-refractivity contribution in [1.82, 2.24) is 4.90 Å². The van der Waals surface area contributed by atoms with E-state index in [0.717, 1.165) is 16.9 Å². The summed E-state index contributed by atoms with van der Waals surface area (Å²) in [5, 5.41) is 0. The summed E-state index contributed by atoms with van der Waals surface area (Å²) < 4.78 is 10.7. The number of benzene rings is 1. The molecule has 0 saturated carbocycles. The van der Waals surface area contributed by atoms with Crippen molar-refractivity contribution in [2.45, 2.75) is 39.0 Å². The molecular weight excluding hydrogens is 256 g/mol. The van der Waals surface area contributed by atoms with Crippen molar-refractivity contribution in [1.29, 1.82) is 0 Å². The SMILES string of the molecule is COc1ccc2c(c1)C(CN)N(C(=O)OC(C)(C)C)C2. The van der Waals surface area contributed by atoms with E-state index in [4.69, 9.17) is 15.2 Å². The first-order chi connectivity index (χ1) is 9.35. The lowest BCUT2D eigenvalue weighted by Gasteiger charge is -2.28. The maximum Gasteiger partial charge on any atom is 0.411 e. The third kappa shape index (κ3) is 2.88. The number of hydrogen-bond donors (Lipinski definition) is 1. The van der Waals surface area contributed by atoms with E-state index in [1.165, 1.54) is 0 Å². The van der Waals surface area contributed by atoms with Gasteiger partial charge in [-0.05, 0) is 44.0 Å². The van der Waals surface area contributed by atoms with Gasteiger partial charge in [-0.2, -0.15) is 0 Å². The van der Waals surface area contributed by atoms with Crippen LogP contribution in [0.2, 0.25) is 0 Å². The van der Waals surface area contributed by atoms with Crippen molar-refractivity contribution < 1.29 is 14.3 Å². The van der Waals surface area contributed by atoms with Crippen molar-refractivity contribution >= 4 is 6.09 Å². The van der Waals surface area contributed by atoms with Crippen molar-refractivity contribution in [3.05, 3.63) is 29.3 Å². The molecule has 0 radical (unpaired) electrons. The summed E-state index contributed by atoms with van der Waals surface area (Å²) in [5.74, 6) is 0.772. The second kappa shape index (κ2) is 5.32. The van der Waals surface area contributed by atoms with Gasteiger partial charge >= 0.3 is 6.09 Å². The average Bonchev–Trinajstić information content (AvgIpc) is 2.74. The highest BCUT2D eigenvalue weighted by Crippen LogP contribution is 2.36. The first kappa shape index (κ1) is 14.7. The van der Waals surface area contributed by atoms with Crippen LogP contribution in [0.5, 0.6) is 5.75 Å². The van der Waals surface area contributed by atoms with E-state index in [2.05, 4.69) is 0 Å². The number of carbonyl (C=O) groups is 1. The van der Waals surface area contributed by atoms with Crippen LogP contribution in [0.15, 0.2) is 18.2 Å². The lowest BCUT2D eigenvalue weighted by Crippen LogP contribution is -2.38. The van der Waals surface area contributed by atoms with Crippen molar-refractivity contribution in [2.75, 3.05) is 13.7 Å². The molecule has 1 aliphatic rings. The Balaban J connectivity index is 2.25. The molecule has 5 heteroatoms. The number of hydrogen-bond acceptors (Lipinski definition) is 4. The largest absolute Gasteiger partial charge is 0.497 e. The van der Waals surface area contributed by atoms with Gasteiger partial charge in [0.15, 0.2) is 0 Å². The molecule has 2 rings (SSSR count). The highest BCUT2D eigenvalue weighted by Gasteiger charge is 2.35. The van der Waals surface area contributed by atoms with Crippen LogP contribution in [-0.2, 0) is 11.3 Å². The fraction of sp³-hybridized carbons (Fsp3) is 0.533. The van der Waals surface area contributed by atoms with E-state index in [0.29, 0.717) is 13.1 Å². The number of rotatable bonds is 2. The minimum absolute atomic E-state index is 0.157. The number of carbonyl (C=O) groups excluding carboxylic acids is 1. The van der Waals surface area contributed by atoms with E-state index >= 15 is 0 Å². The molecule has 0 spiro atoms. The standard InChI is InChI=1S/C15H22N2O3/c1-15(2,3)20-14(18)17-9-10-5-6-11(19-4)7-12(10)13(17)8-16/h5-7,13H,8-9,16H2,1-4H3. The zero-order valence-corrected chi connectivity index (χ0v) is 12.5. The number of nitrogens with two attached hydrogens (primary N) is 1. The summed E-state index contributed by atoms with van der Waals surface area (Å²) in [4.78, 5) is 13.9. The minimum Gasteiger partial charge on any atom is -0.497 e. The number of fused-ring (bicyclic) bond motifs is 1. The molecule has 0 saturated heterocycles. The van der Waals surface area contributed by atoms with Gasteiger partial charge in [-0.3, -0.25) is 4.90 Å². The smallest absolute Gasteiger partial charge is 0.411 e. The maximum absolute atomic E-state index is 12.3. The van der Waals surface area contributed by atoms with Gasteiger partial charge in [0.05, 0.1) is 19.7 Å². The van der Waals surface area contributed by atoms with Gasteiger partial charge in [0, 0.05) is 6.54 Å². The molecule has 1 amide bonds. The molecule has 1 aromatic carbocycles. The van der Waals surface area contributed by atoms with Crippen LogP contribution in [-0.4, -0.2) is 30.2 Å². The minimum atomic E-state index is -0.511. The van der Waals surface area contributed by atoms with Crippen LogP contribution >= 0.6 is 0 Å². The molecular formula is C15H22N2O3. The van der Waals surface area contributed by atoms with Crippen LogP contribution in [0.4, 0.5) is 4.79 Å². The molecule has 1 atom stereocenters. The van der Waals surface area contributed by atoms with E-state index < -0.39 is 5.60 Å². The molecule has 1 aliphatic heterocycles. The Hall–Kier alpha value is -1.75. The molecule has 1 heterocycles. The zero-order chi connectivity index (χ0) is 14.9. The van der Waals surface area contributed by atoms with E-state index in [9.17, 15) is 4.79 Å². The van der Waals surface area contributed by atoms with E-state index in [1.54, 1.807) is 12.0 Å². The van der Waals surface area contributed by atoms with Gasteiger partial charge in [0.2, 0.25) is 0 Å².